The van der Waals surface area contributed by atoms with Crippen molar-refractivity contribution in [2.75, 3.05) is 0 Å². The molecule has 0 radical (unpaired) electrons. The monoisotopic (exact) mass is 398 g/mol. The lowest BCUT2D eigenvalue weighted by atomic mass is 9.95. The molecule has 1 aliphatic heterocycles. The minimum atomic E-state index is -0.488. The minimum Gasteiger partial charge on any atom is -0.368 e. The number of aryl methyl sites for hydroxylation is 1. The van der Waals surface area contributed by atoms with E-state index in [2.05, 4.69) is 5.32 Å². The fourth-order valence-electron chi connectivity index (χ4n) is 4.25. The van der Waals surface area contributed by atoms with Crippen LogP contribution in [0.5, 0.6) is 0 Å². The number of hydrogen-bond donors (Lipinski definition) is 2. The lowest BCUT2D eigenvalue weighted by Crippen LogP contribution is -2.22. The molecule has 3 heterocycles. The maximum atomic E-state index is 12.9. The highest BCUT2D eigenvalue weighted by Crippen LogP contribution is 2.38. The summed E-state index contributed by atoms with van der Waals surface area (Å²) in [4.78, 5) is 37.3. The lowest BCUT2D eigenvalue weighted by Gasteiger charge is -2.03. The third kappa shape index (κ3) is 2.56. The fraction of sp³-hybridized carbons (Fsp3) is 0.0870. The number of carbonyl (C=O) groups is 3. The standard InChI is InChI=1S/C23H18N4O3/c1-26-10-15(13-6-2-4-8-17(13)26)20-21(23(30)25-22(20)29)16-11-27(12-19(24)28)18-9-5-3-7-14(16)18/h2-11H,12H2,1H3,(H2,24,28)(H,25,29,30). The molecule has 4 aromatic rings. The molecule has 0 aliphatic carbocycles. The summed E-state index contributed by atoms with van der Waals surface area (Å²) >= 11 is 0. The minimum absolute atomic E-state index is 0.0209. The van der Waals surface area contributed by atoms with E-state index >= 15 is 0 Å². The number of primary amides is 1. The second-order valence-electron chi connectivity index (χ2n) is 7.36. The molecule has 7 nitrogen and oxygen atoms in total. The number of amides is 3. The lowest BCUT2D eigenvalue weighted by molar-refractivity contribution is -0.123. The molecule has 7 heteroatoms. The Bertz CT molecular complexity index is 1420. The number of fused-ring (bicyclic) bond motifs is 2. The van der Waals surface area contributed by atoms with Crippen molar-refractivity contribution in [3.05, 3.63) is 72.1 Å². The Kier molecular flexibility index (Phi) is 3.86. The summed E-state index contributed by atoms with van der Waals surface area (Å²) in [6, 6.07) is 15.2. The third-order valence-corrected chi connectivity index (χ3v) is 5.48. The number of nitrogens with one attached hydrogen (secondary N) is 1. The van der Waals surface area contributed by atoms with Gasteiger partial charge in [0, 0.05) is 52.4 Å². The molecule has 0 atom stereocenters. The molecular weight excluding hydrogens is 380 g/mol. The first-order valence-electron chi connectivity index (χ1n) is 9.46. The second kappa shape index (κ2) is 6.45. The molecule has 0 spiro atoms. The molecule has 2 aromatic heterocycles. The summed E-state index contributed by atoms with van der Waals surface area (Å²) in [6.07, 6.45) is 3.58. The van der Waals surface area contributed by atoms with Gasteiger partial charge in [0.2, 0.25) is 5.91 Å². The van der Waals surface area contributed by atoms with E-state index in [1.165, 1.54) is 0 Å². The molecule has 30 heavy (non-hydrogen) atoms. The zero-order chi connectivity index (χ0) is 21.0. The summed E-state index contributed by atoms with van der Waals surface area (Å²) in [5.74, 6) is -1.37. The molecule has 148 valence electrons. The number of benzene rings is 2. The van der Waals surface area contributed by atoms with Gasteiger partial charge in [-0.15, -0.1) is 0 Å². The fourth-order valence-corrected chi connectivity index (χ4v) is 4.25. The van der Waals surface area contributed by atoms with Crippen LogP contribution in [0, 0.1) is 0 Å². The average molecular weight is 398 g/mol. The molecule has 3 N–H and O–H groups in total. The summed E-state index contributed by atoms with van der Waals surface area (Å²) in [5, 5.41) is 4.10. The van der Waals surface area contributed by atoms with Gasteiger partial charge in [0.25, 0.3) is 11.8 Å². The van der Waals surface area contributed by atoms with Crippen molar-refractivity contribution in [1.29, 1.82) is 0 Å². The van der Waals surface area contributed by atoms with Crippen molar-refractivity contribution in [3.63, 3.8) is 0 Å². The van der Waals surface area contributed by atoms with Gasteiger partial charge in [-0.25, -0.2) is 0 Å². The molecule has 0 unspecified atom stereocenters. The average Bonchev–Trinajstić information content (AvgIpc) is 3.33. The normalized spacial score (nSPS) is 14.2. The predicted molar refractivity (Wildman–Crippen MR) is 114 cm³/mol. The number of para-hydroxylation sites is 2. The topological polar surface area (TPSA) is 99.1 Å². The van der Waals surface area contributed by atoms with Crippen LogP contribution in [0.15, 0.2) is 60.9 Å². The van der Waals surface area contributed by atoms with Crippen molar-refractivity contribution < 1.29 is 14.4 Å². The van der Waals surface area contributed by atoms with E-state index in [1.54, 1.807) is 10.8 Å². The Balaban J connectivity index is 1.84. The summed E-state index contributed by atoms with van der Waals surface area (Å²) in [7, 11) is 1.90. The van der Waals surface area contributed by atoms with Gasteiger partial charge in [-0.2, -0.15) is 0 Å². The van der Waals surface area contributed by atoms with Crippen LogP contribution in [-0.4, -0.2) is 26.9 Å². The Morgan fingerprint density at radius 3 is 2.03 bits per heavy atom. The van der Waals surface area contributed by atoms with Crippen LogP contribution in [0.4, 0.5) is 0 Å². The van der Waals surface area contributed by atoms with Crippen LogP contribution in [0.1, 0.15) is 11.1 Å². The molecule has 2 aromatic carbocycles. The van der Waals surface area contributed by atoms with Crippen molar-refractivity contribution in [2.24, 2.45) is 12.8 Å². The van der Waals surface area contributed by atoms with Gasteiger partial charge in [-0.1, -0.05) is 36.4 Å². The van der Waals surface area contributed by atoms with Gasteiger partial charge >= 0.3 is 0 Å². The number of aromatic nitrogens is 2. The number of carbonyl (C=O) groups excluding carboxylic acids is 3. The largest absolute Gasteiger partial charge is 0.368 e. The smallest absolute Gasteiger partial charge is 0.259 e. The maximum absolute atomic E-state index is 12.9. The molecular formula is C23H18N4O3. The molecule has 0 saturated heterocycles. The van der Waals surface area contributed by atoms with Crippen LogP contribution in [0.2, 0.25) is 0 Å². The van der Waals surface area contributed by atoms with Gasteiger partial charge in [0.05, 0.1) is 11.1 Å². The second-order valence-corrected chi connectivity index (χ2v) is 7.36. The van der Waals surface area contributed by atoms with Crippen molar-refractivity contribution in [3.8, 4) is 0 Å². The van der Waals surface area contributed by atoms with E-state index in [0.29, 0.717) is 22.3 Å². The van der Waals surface area contributed by atoms with E-state index in [4.69, 9.17) is 5.73 Å². The molecule has 5 rings (SSSR count). The van der Waals surface area contributed by atoms with Crippen LogP contribution in [-0.2, 0) is 28.0 Å². The Hall–Kier alpha value is -4.13. The van der Waals surface area contributed by atoms with Crippen LogP contribution in [0.3, 0.4) is 0 Å². The molecule has 0 bridgehead atoms. The van der Waals surface area contributed by atoms with Gasteiger partial charge in [0.15, 0.2) is 0 Å². The first-order valence-corrected chi connectivity index (χ1v) is 9.46. The highest BCUT2D eigenvalue weighted by atomic mass is 16.2. The molecule has 3 amide bonds. The van der Waals surface area contributed by atoms with E-state index in [-0.39, 0.29) is 6.54 Å². The summed E-state index contributed by atoms with van der Waals surface area (Å²) in [6.45, 7) is -0.0209. The predicted octanol–water partition coefficient (Wildman–Crippen LogP) is 2.19. The first kappa shape index (κ1) is 17.9. The van der Waals surface area contributed by atoms with E-state index in [0.717, 1.165) is 21.8 Å². The Morgan fingerprint density at radius 1 is 0.867 bits per heavy atom. The SMILES string of the molecule is Cn1cc(C2=C(c3cn(CC(N)=O)c4ccccc34)C(=O)NC2=O)c2ccccc21. The molecule has 0 fully saturated rings. The summed E-state index contributed by atoms with van der Waals surface area (Å²) in [5.41, 5.74) is 9.05. The van der Waals surface area contributed by atoms with E-state index in [9.17, 15) is 14.4 Å². The molecule has 0 saturated carbocycles. The third-order valence-electron chi connectivity index (χ3n) is 5.48. The quantitative estimate of drug-likeness (QED) is 0.516. The molecule has 1 aliphatic rings. The van der Waals surface area contributed by atoms with Crippen LogP contribution >= 0.6 is 0 Å². The van der Waals surface area contributed by atoms with Crippen molar-refractivity contribution in [2.45, 2.75) is 6.54 Å². The van der Waals surface area contributed by atoms with Crippen molar-refractivity contribution >= 4 is 50.7 Å². The van der Waals surface area contributed by atoms with E-state index in [1.807, 2.05) is 66.3 Å². The number of hydrogen-bond acceptors (Lipinski definition) is 3. The van der Waals surface area contributed by atoms with Gasteiger partial charge in [0.1, 0.15) is 6.54 Å². The van der Waals surface area contributed by atoms with Gasteiger partial charge in [-0.3, -0.25) is 19.7 Å². The number of nitrogens with zero attached hydrogens (tertiary/aromatic N) is 2. The van der Waals surface area contributed by atoms with Gasteiger partial charge < -0.3 is 14.9 Å². The Labute approximate surface area is 171 Å². The van der Waals surface area contributed by atoms with Crippen LogP contribution in [0.25, 0.3) is 33.0 Å². The highest BCUT2D eigenvalue weighted by Gasteiger charge is 2.35. The zero-order valence-corrected chi connectivity index (χ0v) is 16.2. The van der Waals surface area contributed by atoms with Crippen molar-refractivity contribution in [1.82, 2.24) is 14.5 Å². The first-order chi connectivity index (χ1) is 14.5. The number of imide groups is 1. The Morgan fingerprint density at radius 2 is 1.40 bits per heavy atom. The highest BCUT2D eigenvalue weighted by molar-refractivity contribution is 6.50. The summed E-state index contributed by atoms with van der Waals surface area (Å²) < 4.78 is 3.64. The van der Waals surface area contributed by atoms with E-state index < -0.39 is 17.7 Å². The van der Waals surface area contributed by atoms with Crippen LogP contribution < -0.4 is 11.1 Å². The number of nitrogens with two attached hydrogens (primary N) is 1. The maximum Gasteiger partial charge on any atom is 0.259 e. The zero-order valence-electron chi connectivity index (χ0n) is 16.2. The van der Waals surface area contributed by atoms with Gasteiger partial charge in [-0.05, 0) is 12.1 Å². The number of rotatable bonds is 4.